The molecule has 0 atom stereocenters. The molecule has 1 N–H and O–H groups in total. The van der Waals surface area contributed by atoms with Crippen molar-refractivity contribution in [1.82, 2.24) is 9.55 Å². The number of nitrogens with zero attached hydrogens (tertiary/aromatic N) is 2. The fourth-order valence-corrected chi connectivity index (χ4v) is 0.798. The zero-order valence-electron chi connectivity index (χ0n) is 6.61. The maximum absolute atomic E-state index is 10.1. The topological polar surface area (TPSA) is 55.1 Å². The minimum absolute atomic E-state index is 0.486. The number of aromatic nitrogens is 2. The van der Waals surface area contributed by atoms with Crippen molar-refractivity contribution in [2.45, 2.75) is 13.5 Å². The Labute approximate surface area is 69.8 Å². The van der Waals surface area contributed by atoms with Crippen molar-refractivity contribution in [1.29, 1.82) is 0 Å². The predicted molar refractivity (Wildman–Crippen MR) is 42.4 cm³/mol. The highest BCUT2D eigenvalue weighted by molar-refractivity contribution is 5.86. The predicted octanol–water partition coefficient (Wildman–Crippen LogP) is 0.339. The van der Waals surface area contributed by atoms with Crippen LogP contribution in [0.4, 0.5) is 0 Å². The van der Waals surface area contributed by atoms with Gasteiger partial charge in [-0.25, -0.2) is 9.78 Å². The molecule has 1 aromatic rings. The third kappa shape index (κ3) is 1.86. The second-order valence-corrected chi connectivity index (χ2v) is 2.09. The Hall–Kier alpha value is -1.76. The van der Waals surface area contributed by atoms with E-state index < -0.39 is 5.97 Å². The standard InChI is InChI=1S/C8H8N2O2/c1-2-10-6-5-9-7(10)3-4-8(11)12/h5-6H,2H2,1H3,(H,11,12). The number of hydrogen-bond donors (Lipinski definition) is 1. The first-order valence-electron chi connectivity index (χ1n) is 3.50. The number of carboxylic acid groups (broad SMARTS) is 1. The molecule has 0 aliphatic carbocycles. The van der Waals surface area contributed by atoms with Crippen LogP contribution in [-0.2, 0) is 11.3 Å². The summed E-state index contributed by atoms with van der Waals surface area (Å²) in [6, 6.07) is 0. The number of aliphatic carboxylic acids is 1. The van der Waals surface area contributed by atoms with Gasteiger partial charge in [0.1, 0.15) is 0 Å². The van der Waals surface area contributed by atoms with Crippen LogP contribution in [0, 0.1) is 11.8 Å². The molecule has 1 aromatic heterocycles. The molecular formula is C8H8N2O2. The number of hydrogen-bond acceptors (Lipinski definition) is 2. The van der Waals surface area contributed by atoms with Crippen LogP contribution in [0.25, 0.3) is 0 Å². The van der Waals surface area contributed by atoms with Gasteiger partial charge in [0.05, 0.1) is 0 Å². The zero-order valence-corrected chi connectivity index (χ0v) is 6.61. The van der Waals surface area contributed by atoms with E-state index in [1.807, 2.05) is 12.8 Å². The smallest absolute Gasteiger partial charge is 0.382 e. The lowest BCUT2D eigenvalue weighted by Gasteiger charge is -1.94. The molecule has 0 fully saturated rings. The van der Waals surface area contributed by atoms with Crippen molar-refractivity contribution in [3.63, 3.8) is 0 Å². The summed E-state index contributed by atoms with van der Waals surface area (Å²) in [5, 5.41) is 8.27. The van der Waals surface area contributed by atoms with E-state index in [1.54, 1.807) is 17.0 Å². The van der Waals surface area contributed by atoms with E-state index in [4.69, 9.17) is 5.11 Å². The van der Waals surface area contributed by atoms with Crippen LogP contribution in [0.15, 0.2) is 12.4 Å². The van der Waals surface area contributed by atoms with E-state index in [9.17, 15) is 4.79 Å². The van der Waals surface area contributed by atoms with Crippen molar-refractivity contribution in [3.05, 3.63) is 18.2 Å². The number of aryl methyl sites for hydroxylation is 1. The summed E-state index contributed by atoms with van der Waals surface area (Å²) >= 11 is 0. The number of imidazole rings is 1. The van der Waals surface area contributed by atoms with Gasteiger partial charge in [-0.3, -0.25) is 0 Å². The van der Waals surface area contributed by atoms with E-state index in [0.29, 0.717) is 5.82 Å². The van der Waals surface area contributed by atoms with Crippen LogP contribution < -0.4 is 0 Å². The normalized spacial score (nSPS) is 8.75. The summed E-state index contributed by atoms with van der Waals surface area (Å²) in [7, 11) is 0. The highest BCUT2D eigenvalue weighted by Gasteiger charge is 1.95. The molecule has 0 aromatic carbocycles. The first-order chi connectivity index (χ1) is 5.74. The summed E-state index contributed by atoms with van der Waals surface area (Å²) < 4.78 is 1.77. The molecule has 0 bridgehead atoms. The molecule has 0 aliphatic rings. The molecule has 0 saturated heterocycles. The Morgan fingerprint density at radius 2 is 2.58 bits per heavy atom. The van der Waals surface area contributed by atoms with Gasteiger partial charge in [0.2, 0.25) is 0 Å². The Bertz CT molecular complexity index is 343. The highest BCUT2D eigenvalue weighted by atomic mass is 16.4. The Morgan fingerprint density at radius 1 is 1.83 bits per heavy atom. The van der Waals surface area contributed by atoms with Gasteiger partial charge in [-0.2, -0.15) is 0 Å². The van der Waals surface area contributed by atoms with Crippen molar-refractivity contribution in [2.75, 3.05) is 0 Å². The average Bonchev–Trinajstić information content (AvgIpc) is 2.47. The fraction of sp³-hybridized carbons (Fsp3) is 0.250. The van der Waals surface area contributed by atoms with Gasteiger partial charge in [-0.05, 0) is 12.8 Å². The zero-order chi connectivity index (χ0) is 8.97. The monoisotopic (exact) mass is 164 g/mol. The molecular weight excluding hydrogens is 156 g/mol. The van der Waals surface area contributed by atoms with Gasteiger partial charge < -0.3 is 9.67 Å². The minimum atomic E-state index is -1.14. The van der Waals surface area contributed by atoms with Crippen LogP contribution >= 0.6 is 0 Å². The Kier molecular flexibility index (Phi) is 2.49. The number of rotatable bonds is 1. The van der Waals surface area contributed by atoms with Crippen LogP contribution in [0.2, 0.25) is 0 Å². The van der Waals surface area contributed by atoms with Gasteiger partial charge in [0.25, 0.3) is 0 Å². The van der Waals surface area contributed by atoms with Crippen LogP contribution in [0.5, 0.6) is 0 Å². The molecule has 0 spiro atoms. The number of carboxylic acids is 1. The second kappa shape index (κ2) is 3.58. The summed E-state index contributed by atoms with van der Waals surface area (Å²) in [5.74, 6) is 3.80. The lowest BCUT2D eigenvalue weighted by Crippen LogP contribution is -1.97. The van der Waals surface area contributed by atoms with E-state index in [-0.39, 0.29) is 0 Å². The lowest BCUT2D eigenvalue weighted by molar-refractivity contribution is -0.130. The Balaban J connectivity index is 2.90. The summed E-state index contributed by atoms with van der Waals surface area (Å²) in [5.41, 5.74) is 0. The quantitative estimate of drug-likeness (QED) is 0.609. The van der Waals surface area contributed by atoms with Crippen LogP contribution in [-0.4, -0.2) is 20.6 Å². The molecule has 62 valence electrons. The van der Waals surface area contributed by atoms with Crippen molar-refractivity contribution in [3.8, 4) is 11.8 Å². The molecule has 4 nitrogen and oxygen atoms in total. The molecule has 12 heavy (non-hydrogen) atoms. The lowest BCUT2D eigenvalue weighted by atomic mass is 10.5. The van der Waals surface area contributed by atoms with Crippen molar-refractivity contribution >= 4 is 5.97 Å². The molecule has 1 heterocycles. The van der Waals surface area contributed by atoms with Crippen molar-refractivity contribution in [2.24, 2.45) is 0 Å². The molecule has 0 amide bonds. The Morgan fingerprint density at radius 3 is 3.17 bits per heavy atom. The SMILES string of the molecule is CCn1ccnc1C#CC(=O)O. The van der Waals surface area contributed by atoms with Gasteiger partial charge in [0, 0.05) is 24.9 Å². The van der Waals surface area contributed by atoms with E-state index >= 15 is 0 Å². The molecule has 0 aliphatic heterocycles. The van der Waals surface area contributed by atoms with Gasteiger partial charge in [0.15, 0.2) is 5.82 Å². The minimum Gasteiger partial charge on any atom is -0.472 e. The maximum Gasteiger partial charge on any atom is 0.382 e. The molecule has 0 saturated carbocycles. The summed E-state index contributed by atoms with van der Waals surface area (Å²) in [4.78, 5) is 14.0. The summed E-state index contributed by atoms with van der Waals surface area (Å²) in [6.07, 6.45) is 3.35. The first kappa shape index (κ1) is 8.34. The second-order valence-electron chi connectivity index (χ2n) is 2.09. The third-order valence-electron chi connectivity index (χ3n) is 1.34. The maximum atomic E-state index is 10.1. The number of carbonyl (C=O) groups is 1. The highest BCUT2D eigenvalue weighted by Crippen LogP contribution is 1.93. The molecule has 1 rings (SSSR count). The fourth-order valence-electron chi connectivity index (χ4n) is 0.798. The van der Waals surface area contributed by atoms with Gasteiger partial charge >= 0.3 is 5.97 Å². The van der Waals surface area contributed by atoms with Gasteiger partial charge in [-0.15, -0.1) is 0 Å². The van der Waals surface area contributed by atoms with E-state index in [1.165, 1.54) is 0 Å². The van der Waals surface area contributed by atoms with E-state index in [2.05, 4.69) is 10.9 Å². The first-order valence-corrected chi connectivity index (χ1v) is 3.50. The van der Waals surface area contributed by atoms with Crippen molar-refractivity contribution < 1.29 is 9.90 Å². The summed E-state index contributed by atoms with van der Waals surface area (Å²) in [6.45, 7) is 2.68. The molecule has 0 radical (unpaired) electrons. The van der Waals surface area contributed by atoms with Gasteiger partial charge in [-0.1, -0.05) is 0 Å². The molecule has 0 unspecified atom stereocenters. The third-order valence-corrected chi connectivity index (χ3v) is 1.34. The van der Waals surface area contributed by atoms with Crippen LogP contribution in [0.3, 0.4) is 0 Å². The van der Waals surface area contributed by atoms with E-state index in [0.717, 1.165) is 6.54 Å². The van der Waals surface area contributed by atoms with Crippen LogP contribution in [0.1, 0.15) is 12.7 Å². The largest absolute Gasteiger partial charge is 0.472 e. The molecule has 4 heteroatoms. The average molecular weight is 164 g/mol.